The number of aryl methyl sites for hydroxylation is 1. The van der Waals surface area contributed by atoms with Gasteiger partial charge in [-0.3, -0.25) is 0 Å². The first-order chi connectivity index (χ1) is 8.56. The quantitative estimate of drug-likeness (QED) is 0.801. The molecule has 0 radical (unpaired) electrons. The standard InChI is InChI=1S/C16H28N2/c1-5-13(3)11-18(6-2)12-16(17)15-9-7-14(4)8-10-15/h7-10,13,16H,5-6,11-12,17H2,1-4H3. The number of rotatable bonds is 7. The minimum atomic E-state index is 0.120. The Morgan fingerprint density at radius 3 is 2.22 bits per heavy atom. The summed E-state index contributed by atoms with van der Waals surface area (Å²) in [6.07, 6.45) is 1.23. The number of nitrogens with zero attached hydrogens (tertiary/aromatic N) is 1. The summed E-state index contributed by atoms with van der Waals surface area (Å²) in [5, 5.41) is 0. The minimum absolute atomic E-state index is 0.120. The second kappa shape index (κ2) is 7.55. The van der Waals surface area contributed by atoms with E-state index in [-0.39, 0.29) is 6.04 Å². The Kier molecular flexibility index (Phi) is 6.37. The lowest BCUT2D eigenvalue weighted by molar-refractivity contribution is 0.232. The molecule has 0 aliphatic heterocycles. The Morgan fingerprint density at radius 1 is 1.11 bits per heavy atom. The number of hydrogen-bond acceptors (Lipinski definition) is 2. The van der Waals surface area contributed by atoms with Gasteiger partial charge < -0.3 is 10.6 Å². The van der Waals surface area contributed by atoms with Gasteiger partial charge in [-0.25, -0.2) is 0 Å². The van der Waals surface area contributed by atoms with Crippen LogP contribution in [0.1, 0.15) is 44.4 Å². The van der Waals surface area contributed by atoms with Crippen molar-refractivity contribution in [1.29, 1.82) is 0 Å². The maximum absolute atomic E-state index is 6.30. The fourth-order valence-corrected chi connectivity index (χ4v) is 2.10. The van der Waals surface area contributed by atoms with E-state index in [2.05, 4.69) is 56.9 Å². The predicted octanol–water partition coefficient (Wildman–Crippen LogP) is 3.36. The molecule has 0 saturated heterocycles. The molecule has 1 rings (SSSR count). The van der Waals surface area contributed by atoms with Crippen molar-refractivity contribution in [2.24, 2.45) is 11.7 Å². The maximum atomic E-state index is 6.30. The normalized spacial score (nSPS) is 14.8. The van der Waals surface area contributed by atoms with Gasteiger partial charge in [-0.15, -0.1) is 0 Å². The number of hydrogen-bond donors (Lipinski definition) is 1. The van der Waals surface area contributed by atoms with Gasteiger partial charge in [0.25, 0.3) is 0 Å². The summed E-state index contributed by atoms with van der Waals surface area (Å²) in [5.74, 6) is 0.746. The molecule has 0 heterocycles. The molecule has 0 amide bonds. The summed E-state index contributed by atoms with van der Waals surface area (Å²) < 4.78 is 0. The van der Waals surface area contributed by atoms with Crippen molar-refractivity contribution in [3.63, 3.8) is 0 Å². The molecule has 0 aliphatic rings. The molecule has 2 N–H and O–H groups in total. The maximum Gasteiger partial charge on any atom is 0.0424 e. The van der Waals surface area contributed by atoms with Gasteiger partial charge in [0.05, 0.1) is 0 Å². The van der Waals surface area contributed by atoms with Gasteiger partial charge in [-0.05, 0) is 24.9 Å². The van der Waals surface area contributed by atoms with Crippen molar-refractivity contribution >= 4 is 0 Å². The van der Waals surface area contributed by atoms with Crippen LogP contribution >= 0.6 is 0 Å². The van der Waals surface area contributed by atoms with Crippen molar-refractivity contribution < 1.29 is 0 Å². The Labute approximate surface area is 112 Å². The van der Waals surface area contributed by atoms with E-state index in [1.54, 1.807) is 0 Å². The van der Waals surface area contributed by atoms with E-state index < -0.39 is 0 Å². The summed E-state index contributed by atoms with van der Waals surface area (Å²) in [7, 11) is 0. The van der Waals surface area contributed by atoms with Gasteiger partial charge >= 0.3 is 0 Å². The van der Waals surface area contributed by atoms with Gasteiger partial charge in [-0.1, -0.05) is 57.0 Å². The third kappa shape index (κ3) is 4.79. The summed E-state index contributed by atoms with van der Waals surface area (Å²) in [6.45, 7) is 12.0. The van der Waals surface area contributed by atoms with Gasteiger partial charge in [0.1, 0.15) is 0 Å². The first-order valence-corrected chi connectivity index (χ1v) is 7.11. The van der Waals surface area contributed by atoms with Crippen molar-refractivity contribution in [2.45, 2.75) is 40.2 Å². The van der Waals surface area contributed by atoms with Crippen LogP contribution in [0.15, 0.2) is 24.3 Å². The lowest BCUT2D eigenvalue weighted by atomic mass is 10.0. The molecule has 0 aliphatic carbocycles. The van der Waals surface area contributed by atoms with Crippen molar-refractivity contribution in [3.05, 3.63) is 35.4 Å². The zero-order valence-corrected chi connectivity index (χ0v) is 12.3. The smallest absolute Gasteiger partial charge is 0.0424 e. The van der Waals surface area contributed by atoms with Crippen LogP contribution in [0.25, 0.3) is 0 Å². The van der Waals surface area contributed by atoms with Crippen LogP contribution in [0.3, 0.4) is 0 Å². The fraction of sp³-hybridized carbons (Fsp3) is 0.625. The minimum Gasteiger partial charge on any atom is -0.323 e. The monoisotopic (exact) mass is 248 g/mol. The van der Waals surface area contributed by atoms with Crippen LogP contribution < -0.4 is 5.73 Å². The van der Waals surface area contributed by atoms with Gasteiger partial charge in [-0.2, -0.15) is 0 Å². The van der Waals surface area contributed by atoms with E-state index in [0.29, 0.717) is 0 Å². The molecule has 0 bridgehead atoms. The van der Waals surface area contributed by atoms with Crippen LogP contribution in [-0.2, 0) is 0 Å². The van der Waals surface area contributed by atoms with E-state index in [4.69, 9.17) is 5.73 Å². The summed E-state index contributed by atoms with van der Waals surface area (Å²) in [4.78, 5) is 2.46. The predicted molar refractivity (Wildman–Crippen MR) is 79.7 cm³/mol. The first-order valence-electron chi connectivity index (χ1n) is 7.11. The van der Waals surface area contributed by atoms with Gasteiger partial charge in [0, 0.05) is 19.1 Å². The van der Waals surface area contributed by atoms with E-state index in [1.807, 2.05) is 0 Å². The molecule has 2 nitrogen and oxygen atoms in total. The summed E-state index contributed by atoms with van der Waals surface area (Å²) >= 11 is 0. The van der Waals surface area contributed by atoms with E-state index in [0.717, 1.165) is 25.6 Å². The first kappa shape index (κ1) is 15.2. The van der Waals surface area contributed by atoms with Crippen LogP contribution in [0, 0.1) is 12.8 Å². The number of benzene rings is 1. The van der Waals surface area contributed by atoms with E-state index >= 15 is 0 Å². The van der Waals surface area contributed by atoms with Crippen LogP contribution in [-0.4, -0.2) is 24.5 Å². The fourth-order valence-electron chi connectivity index (χ4n) is 2.10. The summed E-state index contributed by atoms with van der Waals surface area (Å²) in [6, 6.07) is 8.70. The highest BCUT2D eigenvalue weighted by Crippen LogP contribution is 2.14. The molecule has 2 heteroatoms. The zero-order valence-electron chi connectivity index (χ0n) is 12.3. The third-order valence-corrected chi connectivity index (χ3v) is 3.67. The Bertz CT molecular complexity index is 331. The SMILES string of the molecule is CCC(C)CN(CC)CC(N)c1ccc(C)cc1. The van der Waals surface area contributed by atoms with Crippen molar-refractivity contribution in [2.75, 3.05) is 19.6 Å². The van der Waals surface area contributed by atoms with Gasteiger partial charge in [0.2, 0.25) is 0 Å². The second-order valence-electron chi connectivity index (χ2n) is 5.38. The van der Waals surface area contributed by atoms with Crippen LogP contribution in [0.5, 0.6) is 0 Å². The summed E-state index contributed by atoms with van der Waals surface area (Å²) in [5.41, 5.74) is 8.83. The average Bonchev–Trinajstić information content (AvgIpc) is 2.38. The lowest BCUT2D eigenvalue weighted by Gasteiger charge is -2.27. The lowest BCUT2D eigenvalue weighted by Crippen LogP contribution is -2.35. The molecule has 2 atom stereocenters. The highest BCUT2D eigenvalue weighted by atomic mass is 15.1. The molecule has 0 spiro atoms. The molecular formula is C16H28N2. The number of nitrogens with two attached hydrogens (primary N) is 1. The van der Waals surface area contributed by atoms with E-state index in [9.17, 15) is 0 Å². The Balaban J connectivity index is 2.56. The average molecular weight is 248 g/mol. The molecule has 102 valence electrons. The molecule has 18 heavy (non-hydrogen) atoms. The van der Waals surface area contributed by atoms with Crippen LogP contribution in [0.4, 0.5) is 0 Å². The molecule has 1 aromatic rings. The Morgan fingerprint density at radius 2 is 1.72 bits per heavy atom. The largest absolute Gasteiger partial charge is 0.323 e. The molecule has 0 aromatic heterocycles. The molecule has 2 unspecified atom stereocenters. The molecular weight excluding hydrogens is 220 g/mol. The topological polar surface area (TPSA) is 29.3 Å². The Hall–Kier alpha value is -0.860. The zero-order chi connectivity index (χ0) is 13.5. The molecule has 0 saturated carbocycles. The van der Waals surface area contributed by atoms with Gasteiger partial charge in [0.15, 0.2) is 0 Å². The number of likely N-dealkylation sites (N-methyl/N-ethyl adjacent to an activating group) is 1. The van der Waals surface area contributed by atoms with Crippen LogP contribution in [0.2, 0.25) is 0 Å². The second-order valence-corrected chi connectivity index (χ2v) is 5.38. The molecule has 1 aromatic carbocycles. The van der Waals surface area contributed by atoms with Crippen molar-refractivity contribution in [1.82, 2.24) is 4.90 Å². The highest BCUT2D eigenvalue weighted by Gasteiger charge is 2.12. The highest BCUT2D eigenvalue weighted by molar-refractivity contribution is 5.24. The van der Waals surface area contributed by atoms with Crippen molar-refractivity contribution in [3.8, 4) is 0 Å². The van der Waals surface area contributed by atoms with E-state index in [1.165, 1.54) is 17.5 Å². The third-order valence-electron chi connectivity index (χ3n) is 3.67. The molecule has 0 fully saturated rings.